The van der Waals surface area contributed by atoms with E-state index in [9.17, 15) is 4.79 Å². The molecular formula is C18H12ClN5O. The van der Waals surface area contributed by atoms with Crippen molar-refractivity contribution in [3.05, 3.63) is 76.9 Å². The van der Waals surface area contributed by atoms with Crippen molar-refractivity contribution in [1.82, 2.24) is 10.2 Å². The van der Waals surface area contributed by atoms with Gasteiger partial charge in [-0.1, -0.05) is 17.7 Å². The highest BCUT2D eigenvalue weighted by Gasteiger charge is 2.09. The first-order valence-corrected chi connectivity index (χ1v) is 7.70. The molecule has 7 heteroatoms. The zero-order valence-corrected chi connectivity index (χ0v) is 13.7. The number of nitrogens with one attached hydrogen (secondary N) is 2. The molecule has 0 aliphatic carbocycles. The van der Waals surface area contributed by atoms with Crippen LogP contribution in [0, 0.1) is 11.3 Å². The van der Waals surface area contributed by atoms with Crippen molar-refractivity contribution in [1.29, 1.82) is 5.26 Å². The van der Waals surface area contributed by atoms with E-state index in [1.165, 1.54) is 0 Å². The molecule has 2 aromatic carbocycles. The minimum absolute atomic E-state index is 0.181. The first-order chi connectivity index (χ1) is 12.1. The fraction of sp³-hybridized carbons (Fsp3) is 0. The van der Waals surface area contributed by atoms with Crippen LogP contribution in [0.1, 0.15) is 16.1 Å². The van der Waals surface area contributed by atoms with Gasteiger partial charge in [-0.15, -0.1) is 10.2 Å². The average Bonchev–Trinajstić information content (AvgIpc) is 2.63. The van der Waals surface area contributed by atoms with Crippen LogP contribution in [0.15, 0.2) is 60.7 Å². The van der Waals surface area contributed by atoms with Crippen molar-refractivity contribution in [2.75, 3.05) is 10.6 Å². The maximum atomic E-state index is 12.2. The minimum Gasteiger partial charge on any atom is -0.339 e. The van der Waals surface area contributed by atoms with E-state index in [-0.39, 0.29) is 11.6 Å². The summed E-state index contributed by atoms with van der Waals surface area (Å²) in [5.41, 5.74) is 2.05. The highest BCUT2D eigenvalue weighted by molar-refractivity contribution is 6.30. The molecule has 1 aromatic heterocycles. The molecule has 3 rings (SSSR count). The monoisotopic (exact) mass is 349 g/mol. The Morgan fingerprint density at radius 1 is 1.00 bits per heavy atom. The Hall–Kier alpha value is -3.43. The van der Waals surface area contributed by atoms with Crippen LogP contribution in [-0.2, 0) is 0 Å². The van der Waals surface area contributed by atoms with E-state index < -0.39 is 0 Å². The Balaban J connectivity index is 1.66. The van der Waals surface area contributed by atoms with Crippen LogP contribution in [0.4, 0.5) is 17.2 Å². The number of carbonyl (C=O) groups excluding carboxylic acids is 1. The molecule has 0 fully saturated rings. The molecular weight excluding hydrogens is 338 g/mol. The van der Waals surface area contributed by atoms with Crippen LogP contribution >= 0.6 is 11.6 Å². The molecule has 122 valence electrons. The lowest BCUT2D eigenvalue weighted by Gasteiger charge is -2.07. The number of hydrogen-bond acceptors (Lipinski definition) is 5. The molecule has 0 atom stereocenters. The van der Waals surface area contributed by atoms with Crippen molar-refractivity contribution in [3.63, 3.8) is 0 Å². The normalized spacial score (nSPS) is 9.92. The van der Waals surface area contributed by atoms with Gasteiger partial charge >= 0.3 is 0 Å². The average molecular weight is 350 g/mol. The SMILES string of the molecule is N#Cc1ccc(NC(=O)c2ccc(Nc3cccc(Cl)c3)nn2)cc1. The molecule has 0 aliphatic rings. The molecule has 6 nitrogen and oxygen atoms in total. The molecule has 0 saturated carbocycles. The molecule has 3 aromatic rings. The van der Waals surface area contributed by atoms with Crippen LogP contribution in [0.2, 0.25) is 5.02 Å². The molecule has 0 spiro atoms. The van der Waals surface area contributed by atoms with Crippen LogP contribution < -0.4 is 10.6 Å². The summed E-state index contributed by atoms with van der Waals surface area (Å²) in [6.45, 7) is 0. The lowest BCUT2D eigenvalue weighted by molar-refractivity contribution is 0.102. The second-order valence-corrected chi connectivity index (χ2v) is 5.52. The second kappa shape index (κ2) is 7.43. The predicted molar refractivity (Wildman–Crippen MR) is 95.9 cm³/mol. The van der Waals surface area contributed by atoms with Gasteiger partial charge in [0, 0.05) is 16.4 Å². The number of amides is 1. The van der Waals surface area contributed by atoms with Crippen LogP contribution in [0.3, 0.4) is 0 Å². The molecule has 0 bridgehead atoms. The summed E-state index contributed by atoms with van der Waals surface area (Å²) >= 11 is 5.93. The standard InChI is InChI=1S/C18H12ClN5O/c19-13-2-1-3-15(10-13)21-17-9-8-16(23-24-17)18(25)22-14-6-4-12(11-20)5-7-14/h1-10H,(H,21,24)(H,22,25). The summed E-state index contributed by atoms with van der Waals surface area (Å²) in [5.74, 6) is 0.115. The Kier molecular flexibility index (Phi) is 4.88. The van der Waals surface area contributed by atoms with Crippen molar-refractivity contribution in [3.8, 4) is 6.07 Å². The number of nitrogens with zero attached hydrogens (tertiary/aromatic N) is 3. The Morgan fingerprint density at radius 2 is 1.80 bits per heavy atom. The van der Waals surface area contributed by atoms with Gasteiger partial charge in [0.15, 0.2) is 11.5 Å². The molecule has 2 N–H and O–H groups in total. The van der Waals surface area contributed by atoms with Crippen molar-refractivity contribution in [2.45, 2.75) is 0 Å². The molecule has 0 aliphatic heterocycles. The number of aromatic nitrogens is 2. The summed E-state index contributed by atoms with van der Waals surface area (Å²) in [6.07, 6.45) is 0. The van der Waals surface area contributed by atoms with Crippen LogP contribution in [-0.4, -0.2) is 16.1 Å². The van der Waals surface area contributed by atoms with Gasteiger partial charge in [0.2, 0.25) is 0 Å². The third-order valence-corrected chi connectivity index (χ3v) is 3.50. The highest BCUT2D eigenvalue weighted by atomic mass is 35.5. The zero-order chi connectivity index (χ0) is 17.6. The number of nitriles is 1. The smallest absolute Gasteiger partial charge is 0.276 e. The van der Waals surface area contributed by atoms with Gasteiger partial charge in [0.05, 0.1) is 11.6 Å². The summed E-state index contributed by atoms with van der Waals surface area (Å²) in [4.78, 5) is 12.2. The van der Waals surface area contributed by atoms with Crippen molar-refractivity contribution < 1.29 is 4.79 Å². The Bertz CT molecular complexity index is 933. The fourth-order valence-electron chi connectivity index (χ4n) is 2.06. The molecule has 1 amide bonds. The highest BCUT2D eigenvalue weighted by Crippen LogP contribution is 2.18. The lowest BCUT2D eigenvalue weighted by atomic mass is 10.2. The van der Waals surface area contributed by atoms with E-state index in [0.29, 0.717) is 22.1 Å². The molecule has 25 heavy (non-hydrogen) atoms. The van der Waals surface area contributed by atoms with Crippen LogP contribution in [0.5, 0.6) is 0 Å². The number of anilines is 3. The number of benzene rings is 2. The zero-order valence-electron chi connectivity index (χ0n) is 12.9. The van der Waals surface area contributed by atoms with E-state index >= 15 is 0 Å². The van der Waals surface area contributed by atoms with E-state index in [1.807, 2.05) is 18.2 Å². The summed E-state index contributed by atoms with van der Waals surface area (Å²) in [7, 11) is 0. The molecule has 0 radical (unpaired) electrons. The molecule has 0 unspecified atom stereocenters. The van der Waals surface area contributed by atoms with E-state index in [1.54, 1.807) is 48.5 Å². The largest absolute Gasteiger partial charge is 0.339 e. The first kappa shape index (κ1) is 16.4. The second-order valence-electron chi connectivity index (χ2n) is 5.08. The van der Waals surface area contributed by atoms with E-state index in [2.05, 4.69) is 20.8 Å². The van der Waals surface area contributed by atoms with Gasteiger partial charge in [0.25, 0.3) is 5.91 Å². The number of carbonyl (C=O) groups is 1. The van der Waals surface area contributed by atoms with E-state index in [4.69, 9.17) is 16.9 Å². The molecule has 1 heterocycles. The van der Waals surface area contributed by atoms with Gasteiger partial charge < -0.3 is 10.6 Å². The predicted octanol–water partition coefficient (Wildman–Crippen LogP) is 4.00. The minimum atomic E-state index is -0.383. The fourth-order valence-corrected chi connectivity index (χ4v) is 2.25. The van der Waals surface area contributed by atoms with Gasteiger partial charge in [-0.25, -0.2) is 0 Å². The van der Waals surface area contributed by atoms with E-state index in [0.717, 1.165) is 5.69 Å². The Labute approximate surface area is 149 Å². The Morgan fingerprint density at radius 3 is 2.44 bits per heavy atom. The topological polar surface area (TPSA) is 90.7 Å². The van der Waals surface area contributed by atoms with Crippen LogP contribution in [0.25, 0.3) is 0 Å². The van der Waals surface area contributed by atoms with Gasteiger partial charge in [0.1, 0.15) is 0 Å². The summed E-state index contributed by atoms with van der Waals surface area (Å²) in [6, 6.07) is 19.0. The quantitative estimate of drug-likeness (QED) is 0.743. The maximum absolute atomic E-state index is 12.2. The maximum Gasteiger partial charge on any atom is 0.276 e. The van der Waals surface area contributed by atoms with Gasteiger partial charge in [-0.05, 0) is 54.6 Å². The summed E-state index contributed by atoms with van der Waals surface area (Å²) in [5, 5.41) is 23.0. The van der Waals surface area contributed by atoms with Crippen molar-refractivity contribution >= 4 is 34.7 Å². The summed E-state index contributed by atoms with van der Waals surface area (Å²) < 4.78 is 0. The molecule has 0 saturated heterocycles. The third kappa shape index (κ3) is 4.31. The lowest BCUT2D eigenvalue weighted by Crippen LogP contribution is -2.14. The first-order valence-electron chi connectivity index (χ1n) is 7.32. The number of rotatable bonds is 4. The van der Waals surface area contributed by atoms with Crippen molar-refractivity contribution in [2.24, 2.45) is 0 Å². The number of hydrogen-bond donors (Lipinski definition) is 2. The van der Waals surface area contributed by atoms with Gasteiger partial charge in [-0.3, -0.25) is 4.79 Å². The third-order valence-electron chi connectivity index (χ3n) is 3.27. The number of halogens is 1. The van der Waals surface area contributed by atoms with Gasteiger partial charge in [-0.2, -0.15) is 5.26 Å².